The number of nitrogens with two attached hydrogens (primary N) is 1. The Hall–Kier alpha value is -0.780. The fraction of sp³-hybridized carbons (Fsp3) is 0.562. The molecule has 0 saturated carbocycles. The summed E-state index contributed by atoms with van der Waals surface area (Å²) in [6.45, 7) is 3.35. The van der Waals surface area contributed by atoms with Crippen LogP contribution in [0.3, 0.4) is 0 Å². The Labute approximate surface area is 145 Å². The molecule has 1 heterocycles. The van der Waals surface area contributed by atoms with E-state index in [-0.39, 0.29) is 5.97 Å². The number of carbonyl (C=O) groups is 1. The van der Waals surface area contributed by atoms with Crippen molar-refractivity contribution in [1.29, 1.82) is 0 Å². The van der Waals surface area contributed by atoms with Gasteiger partial charge in [0.25, 0.3) is 0 Å². The normalized spacial score (nSPS) is 15.2. The molecule has 0 unspecified atom stereocenters. The molecule has 2 rings (SSSR count). The van der Waals surface area contributed by atoms with E-state index in [9.17, 15) is 4.79 Å². The monoisotopic (exact) mass is 388 g/mol. The van der Waals surface area contributed by atoms with Gasteiger partial charge in [-0.2, -0.15) is 0 Å². The number of unbranched alkanes of at least 4 members (excludes halogenated alkanes) is 1. The lowest BCUT2D eigenvalue weighted by molar-refractivity contribution is 0.0499. The number of hydrogen-bond acceptors (Lipinski definition) is 4. The molecule has 0 aliphatic carbocycles. The average Bonchev–Trinajstić information content (AvgIpc) is 3.01. The third-order valence-corrected chi connectivity index (χ3v) is 4.73. The second-order valence-corrected chi connectivity index (χ2v) is 6.78. The summed E-state index contributed by atoms with van der Waals surface area (Å²) in [7, 11) is 0. The van der Waals surface area contributed by atoms with Crippen LogP contribution in [-0.2, 0) is 11.3 Å². The van der Waals surface area contributed by atoms with Crippen LogP contribution in [0.25, 0.3) is 0 Å². The zero-order valence-electron chi connectivity index (χ0n) is 12.6. The first-order valence-corrected chi connectivity index (χ1v) is 8.98. The van der Waals surface area contributed by atoms with Gasteiger partial charge in [-0.3, -0.25) is 4.90 Å². The summed E-state index contributed by atoms with van der Waals surface area (Å²) in [6, 6.07) is 3.58. The molecule has 6 heteroatoms. The summed E-state index contributed by atoms with van der Waals surface area (Å²) in [4.78, 5) is 14.5. The maximum absolute atomic E-state index is 12.1. The Bertz CT molecular complexity index is 519. The second-order valence-electron chi connectivity index (χ2n) is 5.55. The van der Waals surface area contributed by atoms with Crippen molar-refractivity contribution < 1.29 is 9.53 Å². The molecule has 1 aromatic carbocycles. The van der Waals surface area contributed by atoms with Crippen molar-refractivity contribution >= 4 is 39.2 Å². The van der Waals surface area contributed by atoms with E-state index in [0.717, 1.165) is 42.5 Å². The predicted octanol–water partition coefficient (Wildman–Crippen LogP) is 3.80. The molecular formula is C16H22BrClN2O2. The van der Waals surface area contributed by atoms with Gasteiger partial charge in [0.05, 0.1) is 17.9 Å². The number of benzene rings is 1. The van der Waals surface area contributed by atoms with Gasteiger partial charge < -0.3 is 10.5 Å². The van der Waals surface area contributed by atoms with Crippen molar-refractivity contribution in [2.75, 3.05) is 31.3 Å². The van der Waals surface area contributed by atoms with Gasteiger partial charge in [-0.25, -0.2) is 4.79 Å². The number of ether oxygens (including phenoxy) is 1. The summed E-state index contributed by atoms with van der Waals surface area (Å²) in [5.74, 6) is 0.281. The van der Waals surface area contributed by atoms with Crippen molar-refractivity contribution in [2.24, 2.45) is 0 Å². The molecule has 22 heavy (non-hydrogen) atoms. The van der Waals surface area contributed by atoms with Crippen LogP contribution in [0.4, 0.5) is 5.69 Å². The number of carbonyl (C=O) groups excluding carboxylic acids is 1. The Morgan fingerprint density at radius 2 is 2.05 bits per heavy atom. The molecule has 4 nitrogen and oxygen atoms in total. The molecule has 1 aliphatic rings. The van der Waals surface area contributed by atoms with Crippen molar-refractivity contribution in [1.82, 2.24) is 4.90 Å². The molecule has 0 bridgehead atoms. The number of anilines is 1. The maximum Gasteiger partial charge on any atom is 0.338 e. The number of halogens is 2. The number of nitrogens with zero attached hydrogens (tertiary/aromatic N) is 1. The van der Waals surface area contributed by atoms with Crippen LogP contribution in [0, 0.1) is 0 Å². The van der Waals surface area contributed by atoms with Gasteiger partial charge >= 0.3 is 5.97 Å². The molecule has 0 atom stereocenters. The quantitative estimate of drug-likeness (QED) is 0.333. The minimum absolute atomic E-state index is 0.307. The van der Waals surface area contributed by atoms with Gasteiger partial charge in [-0.15, -0.1) is 11.6 Å². The molecule has 122 valence electrons. The smallest absolute Gasteiger partial charge is 0.338 e. The lowest BCUT2D eigenvalue weighted by Crippen LogP contribution is -2.20. The Morgan fingerprint density at radius 1 is 1.32 bits per heavy atom. The molecular weight excluding hydrogens is 368 g/mol. The van der Waals surface area contributed by atoms with Crippen molar-refractivity contribution in [2.45, 2.75) is 32.2 Å². The van der Waals surface area contributed by atoms with Gasteiger partial charge in [0.1, 0.15) is 0 Å². The van der Waals surface area contributed by atoms with Gasteiger partial charge in [-0.05, 0) is 72.4 Å². The van der Waals surface area contributed by atoms with Gasteiger partial charge in [0.15, 0.2) is 0 Å². The van der Waals surface area contributed by atoms with E-state index in [0.29, 0.717) is 23.7 Å². The molecule has 0 aromatic heterocycles. The van der Waals surface area contributed by atoms with Crippen LogP contribution in [0.1, 0.15) is 41.6 Å². The summed E-state index contributed by atoms with van der Waals surface area (Å²) in [6.07, 6.45) is 4.08. The molecule has 0 spiro atoms. The molecule has 1 fully saturated rings. The summed E-state index contributed by atoms with van der Waals surface area (Å²) in [5, 5.41) is 0. The lowest BCUT2D eigenvalue weighted by Gasteiger charge is -2.17. The number of likely N-dealkylation sites (tertiary alicyclic amines) is 1. The third-order valence-electron chi connectivity index (χ3n) is 3.80. The maximum atomic E-state index is 12.1. The van der Waals surface area contributed by atoms with E-state index in [1.165, 1.54) is 12.8 Å². The number of esters is 1. The molecule has 1 aliphatic heterocycles. The lowest BCUT2D eigenvalue weighted by atomic mass is 10.1. The zero-order chi connectivity index (χ0) is 15.9. The second kappa shape index (κ2) is 8.75. The van der Waals surface area contributed by atoms with E-state index in [1.807, 2.05) is 6.07 Å². The van der Waals surface area contributed by atoms with E-state index < -0.39 is 0 Å². The topological polar surface area (TPSA) is 55.6 Å². The number of alkyl halides is 1. The number of hydrogen-bond donors (Lipinski definition) is 1. The first-order valence-electron chi connectivity index (χ1n) is 7.65. The zero-order valence-corrected chi connectivity index (χ0v) is 15.0. The first-order chi connectivity index (χ1) is 10.6. The minimum atomic E-state index is -0.307. The van der Waals surface area contributed by atoms with Crippen LogP contribution in [-0.4, -0.2) is 36.4 Å². The highest BCUT2D eigenvalue weighted by atomic mass is 79.9. The molecule has 2 N–H and O–H groups in total. The van der Waals surface area contributed by atoms with Crippen LogP contribution < -0.4 is 5.73 Å². The number of nitrogen functional groups attached to an aromatic ring is 1. The fourth-order valence-corrected chi connectivity index (χ4v) is 3.24. The van der Waals surface area contributed by atoms with Crippen LogP contribution in [0.5, 0.6) is 0 Å². The highest BCUT2D eigenvalue weighted by Crippen LogP contribution is 2.28. The number of rotatable bonds is 7. The van der Waals surface area contributed by atoms with Crippen LogP contribution >= 0.6 is 27.5 Å². The highest BCUT2D eigenvalue weighted by Gasteiger charge is 2.17. The van der Waals surface area contributed by atoms with Gasteiger partial charge in [0.2, 0.25) is 0 Å². The van der Waals surface area contributed by atoms with Crippen LogP contribution in [0.2, 0.25) is 0 Å². The van der Waals surface area contributed by atoms with E-state index in [2.05, 4.69) is 20.8 Å². The SMILES string of the molecule is Nc1c(Br)cc(C(=O)OCCCCCl)cc1CN1CCCC1. The van der Waals surface area contributed by atoms with Gasteiger partial charge in [-0.1, -0.05) is 0 Å². The summed E-state index contributed by atoms with van der Waals surface area (Å²) in [5.41, 5.74) is 8.35. The standard InChI is InChI=1S/C16H22BrClN2O2/c17-14-10-12(16(21)22-8-4-1-5-18)9-13(15(14)19)11-20-6-2-3-7-20/h9-10H,1-8,11,19H2. The summed E-state index contributed by atoms with van der Waals surface area (Å²) < 4.78 is 6.02. The summed E-state index contributed by atoms with van der Waals surface area (Å²) >= 11 is 9.05. The Balaban J connectivity index is 2.04. The highest BCUT2D eigenvalue weighted by molar-refractivity contribution is 9.10. The Morgan fingerprint density at radius 3 is 2.73 bits per heavy atom. The first kappa shape index (κ1) is 17.6. The van der Waals surface area contributed by atoms with Crippen molar-refractivity contribution in [3.63, 3.8) is 0 Å². The van der Waals surface area contributed by atoms with Crippen molar-refractivity contribution in [3.05, 3.63) is 27.7 Å². The average molecular weight is 390 g/mol. The molecule has 1 saturated heterocycles. The van der Waals surface area contributed by atoms with E-state index in [1.54, 1.807) is 6.07 Å². The Kier molecular flexibility index (Phi) is 6.99. The van der Waals surface area contributed by atoms with Crippen molar-refractivity contribution in [3.8, 4) is 0 Å². The van der Waals surface area contributed by atoms with E-state index >= 15 is 0 Å². The predicted molar refractivity (Wildman–Crippen MR) is 93.3 cm³/mol. The van der Waals surface area contributed by atoms with E-state index in [4.69, 9.17) is 22.1 Å². The molecule has 0 amide bonds. The molecule has 0 radical (unpaired) electrons. The fourth-order valence-electron chi connectivity index (χ4n) is 2.55. The molecule has 1 aromatic rings. The minimum Gasteiger partial charge on any atom is -0.462 e. The van der Waals surface area contributed by atoms with Crippen LogP contribution in [0.15, 0.2) is 16.6 Å². The largest absolute Gasteiger partial charge is 0.462 e. The van der Waals surface area contributed by atoms with Gasteiger partial charge in [0, 0.05) is 16.9 Å². The third kappa shape index (κ3) is 4.86.